The third-order valence-corrected chi connectivity index (χ3v) is 15.9. The van der Waals surface area contributed by atoms with E-state index in [1.807, 2.05) is 42.5 Å². The molecule has 0 aliphatic carbocycles. The van der Waals surface area contributed by atoms with Gasteiger partial charge < -0.3 is 43.6 Å². The van der Waals surface area contributed by atoms with E-state index in [0.717, 1.165) is 10.9 Å². The number of methoxy groups -OCH3 is 1. The van der Waals surface area contributed by atoms with Crippen LogP contribution in [0.1, 0.15) is 74.4 Å². The van der Waals surface area contributed by atoms with E-state index in [-0.39, 0.29) is 28.8 Å². The molecule has 58 heavy (non-hydrogen) atoms. The van der Waals surface area contributed by atoms with Crippen LogP contribution in [0.3, 0.4) is 0 Å². The standard InChI is InChI=1S/C44H43ClN4O8Si/c1-23-37(43(52)53)39-38-28(45)21-49(31(38)20-35(40(39)46-23)57-58(6,7)44(2,3)4)42(51)36-18-26-15-27(13-14-32(26)56-36)47-41(50)30-16-25-17-33(54-5)34(19-29(25)48-30)55-22-24-11-9-8-10-12-24/h8-20,28,46,48H,21-22H2,1-7H3,(H,47,50)(H,52,53)/t28-/m1/s1. The number of aryl methyl sites for hydroxylation is 1. The third kappa shape index (κ3) is 6.83. The first-order valence-corrected chi connectivity index (χ1v) is 22.2. The summed E-state index contributed by atoms with van der Waals surface area (Å²) in [5, 5.41) is 14.2. The summed E-state index contributed by atoms with van der Waals surface area (Å²) in [6, 6.07) is 23.7. The molecule has 3 aromatic heterocycles. The van der Waals surface area contributed by atoms with Crippen LogP contribution in [0.25, 0.3) is 32.8 Å². The minimum Gasteiger partial charge on any atom is -0.542 e. The Kier molecular flexibility index (Phi) is 9.56. The lowest BCUT2D eigenvalue weighted by atomic mass is 10.0. The molecule has 0 unspecified atom stereocenters. The van der Waals surface area contributed by atoms with Gasteiger partial charge in [-0.25, -0.2) is 4.79 Å². The Morgan fingerprint density at radius 3 is 2.43 bits per heavy atom. The fourth-order valence-corrected chi connectivity index (χ4v) is 8.54. The number of aromatic nitrogens is 2. The average molecular weight is 819 g/mol. The number of hydrogen-bond donors (Lipinski definition) is 4. The number of ether oxygens (including phenoxy) is 2. The number of nitrogens with zero attached hydrogens (tertiary/aromatic N) is 1. The van der Waals surface area contributed by atoms with Crippen molar-refractivity contribution in [3.05, 3.63) is 113 Å². The van der Waals surface area contributed by atoms with Crippen molar-refractivity contribution in [2.75, 3.05) is 23.9 Å². The summed E-state index contributed by atoms with van der Waals surface area (Å²) in [5.41, 5.74) is 5.09. The molecule has 4 aromatic carbocycles. The zero-order chi connectivity index (χ0) is 41.3. The topological polar surface area (TPSA) is 159 Å². The minimum absolute atomic E-state index is 0.0562. The average Bonchev–Trinajstić information content (AvgIpc) is 3.95. The Bertz CT molecular complexity index is 2780. The molecule has 0 fully saturated rings. The van der Waals surface area contributed by atoms with Gasteiger partial charge in [0, 0.05) is 57.3 Å². The van der Waals surface area contributed by atoms with Crippen molar-refractivity contribution in [2.24, 2.45) is 0 Å². The molecule has 0 saturated heterocycles. The van der Waals surface area contributed by atoms with E-state index >= 15 is 0 Å². The second-order valence-corrected chi connectivity index (χ2v) is 21.3. The maximum Gasteiger partial charge on any atom is 0.338 e. The van der Waals surface area contributed by atoms with E-state index in [0.29, 0.717) is 79.6 Å². The molecular weight excluding hydrogens is 776 g/mol. The number of carbonyl (C=O) groups excluding carboxylic acids is 2. The largest absolute Gasteiger partial charge is 0.542 e. The van der Waals surface area contributed by atoms with Gasteiger partial charge in [-0.2, -0.15) is 0 Å². The number of carbonyl (C=O) groups is 3. The van der Waals surface area contributed by atoms with Crippen molar-refractivity contribution in [3.8, 4) is 17.2 Å². The summed E-state index contributed by atoms with van der Waals surface area (Å²) in [4.78, 5) is 48.3. The number of H-pyrrole nitrogens is 2. The fraction of sp³-hybridized carbons (Fsp3) is 0.250. The van der Waals surface area contributed by atoms with Gasteiger partial charge in [0.05, 0.1) is 29.3 Å². The molecule has 1 aliphatic rings. The summed E-state index contributed by atoms with van der Waals surface area (Å²) in [6.45, 7) is 12.7. The van der Waals surface area contributed by atoms with Gasteiger partial charge in [-0.1, -0.05) is 51.1 Å². The third-order valence-electron chi connectivity index (χ3n) is 11.2. The summed E-state index contributed by atoms with van der Waals surface area (Å²) < 4.78 is 24.5. The van der Waals surface area contributed by atoms with Crippen molar-refractivity contribution in [3.63, 3.8) is 0 Å². The van der Waals surface area contributed by atoms with Gasteiger partial charge in [-0.15, -0.1) is 11.6 Å². The number of furan rings is 1. The van der Waals surface area contributed by atoms with E-state index < -0.39 is 25.6 Å². The molecular formula is C44H43ClN4O8Si. The number of anilines is 2. The summed E-state index contributed by atoms with van der Waals surface area (Å²) >= 11 is 6.96. The second kappa shape index (κ2) is 14.3. The second-order valence-electron chi connectivity index (χ2n) is 16.1. The van der Waals surface area contributed by atoms with Crippen molar-refractivity contribution >= 4 is 81.9 Å². The number of nitrogens with one attached hydrogen (secondary N) is 3. The summed E-state index contributed by atoms with van der Waals surface area (Å²) in [7, 11) is -0.846. The monoisotopic (exact) mass is 818 g/mol. The minimum atomic E-state index is -2.42. The molecule has 7 aromatic rings. The lowest BCUT2D eigenvalue weighted by Gasteiger charge is -2.36. The van der Waals surface area contributed by atoms with Crippen LogP contribution in [0.4, 0.5) is 11.4 Å². The van der Waals surface area contributed by atoms with Crippen LogP contribution >= 0.6 is 11.6 Å². The summed E-state index contributed by atoms with van der Waals surface area (Å²) in [6.07, 6.45) is 0. The van der Waals surface area contributed by atoms with Crippen molar-refractivity contribution in [1.29, 1.82) is 0 Å². The predicted octanol–water partition coefficient (Wildman–Crippen LogP) is 10.6. The molecule has 0 radical (unpaired) electrons. The highest BCUT2D eigenvalue weighted by Gasteiger charge is 2.42. The smallest absolute Gasteiger partial charge is 0.338 e. The Morgan fingerprint density at radius 1 is 0.966 bits per heavy atom. The van der Waals surface area contributed by atoms with Crippen LogP contribution in [-0.4, -0.2) is 54.8 Å². The lowest BCUT2D eigenvalue weighted by molar-refractivity contribution is 0.0697. The zero-order valence-corrected chi connectivity index (χ0v) is 34.9. The van der Waals surface area contributed by atoms with Gasteiger partial charge in [0.15, 0.2) is 17.3 Å². The van der Waals surface area contributed by atoms with Gasteiger partial charge in [0.25, 0.3) is 20.1 Å². The van der Waals surface area contributed by atoms with Gasteiger partial charge in [0.1, 0.15) is 23.6 Å². The SMILES string of the molecule is COc1cc2cc(C(=O)Nc3ccc4oc(C(=O)N5C[C@@H](Cl)c6c5cc(O[Si](C)(C)C(C)(C)C)c5[nH]c(C)c(C(=O)O)c65)cc4c3)[nH]c2cc1OCc1ccccc1. The Hall–Kier alpha value is -6.18. The van der Waals surface area contributed by atoms with Crippen LogP contribution in [0.15, 0.2) is 83.3 Å². The number of halogens is 1. The number of carboxylic acids is 1. The molecule has 12 nitrogen and oxygen atoms in total. The Balaban J connectivity index is 1.06. The number of fused-ring (bicyclic) bond motifs is 5. The first-order valence-electron chi connectivity index (χ1n) is 18.8. The number of rotatable bonds is 10. The number of amides is 2. The van der Waals surface area contributed by atoms with E-state index in [1.165, 1.54) is 4.90 Å². The molecule has 298 valence electrons. The van der Waals surface area contributed by atoms with Crippen molar-refractivity contribution in [1.82, 2.24) is 9.97 Å². The molecule has 4 heterocycles. The van der Waals surface area contributed by atoms with E-state index in [4.69, 9.17) is 29.9 Å². The predicted molar refractivity (Wildman–Crippen MR) is 228 cm³/mol. The van der Waals surface area contributed by atoms with Crippen LogP contribution in [0.2, 0.25) is 18.1 Å². The highest BCUT2D eigenvalue weighted by Crippen LogP contribution is 2.50. The maximum atomic E-state index is 14.3. The van der Waals surface area contributed by atoms with Crippen LogP contribution < -0.4 is 24.1 Å². The number of hydrogen-bond acceptors (Lipinski definition) is 7. The highest BCUT2D eigenvalue weighted by molar-refractivity contribution is 6.74. The molecule has 8 rings (SSSR count). The van der Waals surface area contributed by atoms with Gasteiger partial charge >= 0.3 is 5.97 Å². The Morgan fingerprint density at radius 2 is 1.72 bits per heavy atom. The number of aromatic amines is 2. The zero-order valence-electron chi connectivity index (χ0n) is 33.1. The molecule has 2 amide bonds. The molecule has 14 heteroatoms. The fourth-order valence-electron chi connectivity index (χ4n) is 7.17. The lowest BCUT2D eigenvalue weighted by Crippen LogP contribution is -2.44. The number of benzene rings is 4. The first-order chi connectivity index (χ1) is 27.5. The number of carboxylic acid groups (broad SMARTS) is 1. The van der Waals surface area contributed by atoms with Crippen LogP contribution in [0.5, 0.6) is 17.2 Å². The van der Waals surface area contributed by atoms with Gasteiger partial charge in [-0.05, 0) is 67.0 Å². The maximum absolute atomic E-state index is 14.3. The highest BCUT2D eigenvalue weighted by atomic mass is 35.5. The van der Waals surface area contributed by atoms with Crippen molar-refractivity contribution in [2.45, 2.75) is 57.8 Å². The number of aromatic carboxylic acids is 1. The van der Waals surface area contributed by atoms with Crippen LogP contribution in [-0.2, 0) is 6.61 Å². The molecule has 4 N–H and O–H groups in total. The molecule has 1 aliphatic heterocycles. The quantitative estimate of drug-likeness (QED) is 0.0784. The normalized spacial score (nSPS) is 14.3. The molecule has 0 saturated carbocycles. The van der Waals surface area contributed by atoms with Gasteiger partial charge in [-0.3, -0.25) is 9.59 Å². The van der Waals surface area contributed by atoms with E-state index in [2.05, 4.69) is 49.1 Å². The summed E-state index contributed by atoms with van der Waals surface area (Å²) in [5.74, 6) is -0.315. The molecule has 0 bridgehead atoms. The Labute approximate surface area is 340 Å². The number of alkyl halides is 1. The van der Waals surface area contributed by atoms with Gasteiger partial charge in [0.2, 0.25) is 0 Å². The molecule has 1 atom stereocenters. The van der Waals surface area contributed by atoms with Crippen molar-refractivity contribution < 1.29 is 37.8 Å². The van der Waals surface area contributed by atoms with Crippen LogP contribution in [0, 0.1) is 6.92 Å². The van der Waals surface area contributed by atoms with E-state index in [9.17, 15) is 19.5 Å². The first kappa shape index (κ1) is 38.7. The van der Waals surface area contributed by atoms with E-state index in [1.54, 1.807) is 50.4 Å². The molecule has 0 spiro atoms.